The highest BCUT2D eigenvalue weighted by molar-refractivity contribution is 6.21. The third-order valence-corrected chi connectivity index (χ3v) is 8.92. The third-order valence-electron chi connectivity index (χ3n) is 8.92. The molecule has 6 aromatic rings. The zero-order valence-corrected chi connectivity index (χ0v) is 26.8. The number of carbonyl (C=O) groups excluding carboxylic acids is 5. The first kappa shape index (κ1) is 31.3. The van der Waals surface area contributed by atoms with Crippen LogP contribution in [0.5, 0.6) is 0 Å². The van der Waals surface area contributed by atoms with Gasteiger partial charge in [-0.05, 0) is 36.2 Å². The molecule has 2 aromatic heterocycles. The lowest BCUT2D eigenvalue weighted by Crippen LogP contribution is -2.44. The van der Waals surface area contributed by atoms with Crippen molar-refractivity contribution in [3.63, 3.8) is 0 Å². The van der Waals surface area contributed by atoms with Gasteiger partial charge in [-0.2, -0.15) is 0 Å². The number of benzene rings is 4. The zero-order valence-electron chi connectivity index (χ0n) is 26.8. The highest BCUT2D eigenvalue weighted by Gasteiger charge is 2.34. The lowest BCUT2D eigenvalue weighted by atomic mass is 9.97. The van der Waals surface area contributed by atoms with Gasteiger partial charge < -0.3 is 15.2 Å². The molecule has 49 heavy (non-hydrogen) atoms. The highest BCUT2D eigenvalue weighted by Crippen LogP contribution is 2.28. The van der Waals surface area contributed by atoms with Gasteiger partial charge in [0.2, 0.25) is 5.91 Å². The van der Waals surface area contributed by atoms with Gasteiger partial charge in [0.05, 0.1) is 28.4 Å². The van der Waals surface area contributed by atoms with Crippen LogP contribution in [-0.2, 0) is 13.0 Å². The Kier molecular flexibility index (Phi) is 8.36. The van der Waals surface area contributed by atoms with Crippen LogP contribution in [0.2, 0.25) is 0 Å². The van der Waals surface area contributed by atoms with Crippen molar-refractivity contribution < 1.29 is 24.0 Å². The number of fused-ring (bicyclic) bond motifs is 3. The summed E-state index contributed by atoms with van der Waals surface area (Å²) < 4.78 is 3.43. The van der Waals surface area contributed by atoms with Crippen LogP contribution in [0.4, 0.5) is 10.5 Å². The predicted molar refractivity (Wildman–Crippen MR) is 187 cm³/mol. The molecule has 0 spiro atoms. The van der Waals surface area contributed by atoms with Gasteiger partial charge in [0.1, 0.15) is 0 Å². The van der Waals surface area contributed by atoms with Crippen LogP contribution in [0.25, 0.3) is 21.8 Å². The molecule has 1 unspecified atom stereocenters. The summed E-state index contributed by atoms with van der Waals surface area (Å²) in [6.07, 6.45) is 4.10. The van der Waals surface area contributed by atoms with E-state index in [0.29, 0.717) is 46.2 Å². The maximum atomic E-state index is 14.4. The van der Waals surface area contributed by atoms with Crippen LogP contribution in [0, 0.1) is 0 Å². The average Bonchev–Trinajstić information content (AvgIpc) is 3.75. The van der Waals surface area contributed by atoms with Gasteiger partial charge in [0, 0.05) is 60.7 Å². The number of amides is 4. The molecule has 0 saturated heterocycles. The topological polar surface area (TPSA) is 123 Å². The number of aryl methyl sites for hydroxylation is 1. The van der Waals surface area contributed by atoms with Gasteiger partial charge in [0.15, 0.2) is 5.78 Å². The summed E-state index contributed by atoms with van der Waals surface area (Å²) in [5.41, 5.74) is 4.09. The number of anilines is 1. The van der Waals surface area contributed by atoms with E-state index in [0.717, 1.165) is 16.5 Å². The van der Waals surface area contributed by atoms with Gasteiger partial charge in [-0.3, -0.25) is 28.6 Å². The number of hydrogen-bond acceptors (Lipinski definition) is 5. The van der Waals surface area contributed by atoms with Gasteiger partial charge in [-0.25, -0.2) is 4.79 Å². The van der Waals surface area contributed by atoms with Crippen molar-refractivity contribution in [2.45, 2.75) is 32.4 Å². The summed E-state index contributed by atoms with van der Waals surface area (Å²) in [6.45, 7) is 2.14. The number of ketones is 1. The number of para-hydroxylation sites is 2. The minimum Gasteiger partial charge on any atom is -0.347 e. The molecule has 10 nitrogen and oxygen atoms in total. The number of imide groups is 1. The first-order valence-electron chi connectivity index (χ1n) is 16.1. The van der Waals surface area contributed by atoms with Crippen molar-refractivity contribution >= 4 is 57.0 Å². The van der Waals surface area contributed by atoms with E-state index >= 15 is 0 Å². The smallest absolute Gasteiger partial charge is 0.319 e. The molecule has 4 aromatic carbocycles. The Morgan fingerprint density at radius 3 is 2.00 bits per heavy atom. The minimum absolute atomic E-state index is 0.193. The van der Waals surface area contributed by atoms with E-state index in [4.69, 9.17) is 0 Å². The second kappa shape index (κ2) is 13.1. The predicted octanol–water partition coefficient (Wildman–Crippen LogP) is 6.56. The summed E-state index contributed by atoms with van der Waals surface area (Å²) in [7, 11) is 0. The van der Waals surface area contributed by atoms with E-state index in [2.05, 4.69) is 10.6 Å². The Hall–Kier alpha value is -6.29. The van der Waals surface area contributed by atoms with Gasteiger partial charge >= 0.3 is 6.03 Å². The fourth-order valence-electron chi connectivity index (χ4n) is 6.57. The molecule has 0 aliphatic carbocycles. The normalized spacial score (nSPS) is 13.1. The van der Waals surface area contributed by atoms with Crippen molar-refractivity contribution in [1.82, 2.24) is 19.4 Å². The van der Waals surface area contributed by atoms with Crippen molar-refractivity contribution in [3.8, 4) is 0 Å². The molecular formula is C39H33N5O5. The largest absolute Gasteiger partial charge is 0.347 e. The van der Waals surface area contributed by atoms with Crippen molar-refractivity contribution in [3.05, 3.63) is 138 Å². The Morgan fingerprint density at radius 2 is 1.31 bits per heavy atom. The van der Waals surface area contributed by atoms with Crippen LogP contribution in [0.15, 0.2) is 116 Å². The number of carbonyl (C=O) groups is 5. The molecule has 0 bridgehead atoms. The van der Waals surface area contributed by atoms with Crippen LogP contribution in [-0.4, -0.2) is 56.2 Å². The molecule has 1 aliphatic heterocycles. The molecule has 244 valence electrons. The monoisotopic (exact) mass is 651 g/mol. The molecule has 2 N–H and O–H groups in total. The lowest BCUT2D eigenvalue weighted by molar-refractivity contribution is 0.0650. The zero-order chi connectivity index (χ0) is 34.1. The average molecular weight is 652 g/mol. The van der Waals surface area contributed by atoms with Crippen LogP contribution in [0.1, 0.15) is 54.8 Å². The maximum absolute atomic E-state index is 14.4. The molecule has 7 rings (SSSR count). The van der Waals surface area contributed by atoms with Crippen LogP contribution >= 0.6 is 0 Å². The molecule has 1 atom stereocenters. The first-order chi connectivity index (χ1) is 23.8. The van der Waals surface area contributed by atoms with Crippen molar-refractivity contribution in [1.29, 1.82) is 0 Å². The SMILES string of the molecule is CC(=O)n1cc(NC(=O)NC(Cc2ccccc2)C(=O)c2cn(CCCN3C(=O)c4ccccc4C3=O)c3ccccc23)c2ccccc21. The van der Waals surface area contributed by atoms with Crippen LogP contribution < -0.4 is 10.6 Å². The molecule has 0 saturated carbocycles. The number of nitrogens with one attached hydrogen (secondary N) is 2. The maximum Gasteiger partial charge on any atom is 0.319 e. The molecule has 0 radical (unpaired) electrons. The summed E-state index contributed by atoms with van der Waals surface area (Å²) >= 11 is 0. The third kappa shape index (κ3) is 6.00. The summed E-state index contributed by atoms with van der Waals surface area (Å²) in [5.74, 6) is -1.05. The Morgan fingerprint density at radius 1 is 0.694 bits per heavy atom. The van der Waals surface area contributed by atoms with Crippen LogP contribution in [0.3, 0.4) is 0 Å². The molecule has 0 fully saturated rings. The number of Topliss-reactive ketones (excluding diaryl/α,β-unsaturated/α-hetero) is 1. The van der Waals surface area contributed by atoms with E-state index in [-0.39, 0.29) is 36.5 Å². The summed E-state index contributed by atoms with van der Waals surface area (Å²) in [4.78, 5) is 67.2. The van der Waals surface area contributed by atoms with Crippen molar-refractivity contribution in [2.75, 3.05) is 11.9 Å². The van der Waals surface area contributed by atoms with Gasteiger partial charge in [-0.15, -0.1) is 0 Å². The molecule has 3 heterocycles. The fourth-order valence-corrected chi connectivity index (χ4v) is 6.57. The lowest BCUT2D eigenvalue weighted by Gasteiger charge is -2.18. The van der Waals surface area contributed by atoms with Gasteiger partial charge in [-0.1, -0.05) is 78.9 Å². The standard InChI is InChI=1S/C39H33N5O5/c1-25(45)44-24-33(30-17-8-10-19-35(30)44)41-39(49)40-32(22-26-12-3-2-4-13-26)36(46)31-23-42(34-18-9-7-14-27(31)34)20-11-21-43-37(47)28-15-5-6-16-29(28)38(43)48/h2-10,12-19,23-24,32H,11,20-22H2,1H3,(H2,40,41,49). The summed E-state index contributed by atoms with van der Waals surface area (Å²) in [6, 6.07) is 29.6. The molecule has 10 heteroatoms. The van der Waals surface area contributed by atoms with E-state index in [1.807, 2.05) is 77.4 Å². The minimum atomic E-state index is -0.916. The number of hydrogen-bond donors (Lipinski definition) is 2. The number of urea groups is 1. The van der Waals surface area contributed by atoms with E-state index in [9.17, 15) is 24.0 Å². The Balaban J connectivity index is 1.13. The second-order valence-corrected chi connectivity index (χ2v) is 12.1. The number of nitrogens with zero attached hydrogens (tertiary/aromatic N) is 3. The quantitative estimate of drug-likeness (QED) is 0.128. The summed E-state index contributed by atoms with van der Waals surface area (Å²) in [5, 5.41) is 7.19. The first-order valence-corrected chi connectivity index (χ1v) is 16.1. The molecule has 4 amide bonds. The van der Waals surface area contributed by atoms with E-state index in [1.54, 1.807) is 42.7 Å². The van der Waals surface area contributed by atoms with Crippen molar-refractivity contribution in [2.24, 2.45) is 0 Å². The Bertz CT molecular complexity index is 2230. The van der Waals surface area contributed by atoms with E-state index < -0.39 is 12.1 Å². The number of rotatable bonds is 10. The molecular weight excluding hydrogens is 618 g/mol. The van der Waals surface area contributed by atoms with E-state index in [1.165, 1.54) is 16.4 Å². The Labute approximate surface area is 281 Å². The second-order valence-electron chi connectivity index (χ2n) is 12.1. The number of aromatic nitrogens is 2. The fraction of sp³-hybridized carbons (Fsp3) is 0.154. The highest BCUT2D eigenvalue weighted by atomic mass is 16.2. The molecule has 1 aliphatic rings. The van der Waals surface area contributed by atoms with Gasteiger partial charge in [0.25, 0.3) is 11.8 Å².